The summed E-state index contributed by atoms with van der Waals surface area (Å²) in [6, 6.07) is 19.8. The Labute approximate surface area is 255 Å². The fraction of sp³-hybridized carbons (Fsp3) is 0.0909. The molecule has 45 heavy (non-hydrogen) atoms. The average molecular weight is 625 g/mol. The molecule has 1 N–H and O–H groups in total. The number of carbonyl (C=O) groups is 1. The molecule has 0 radical (unpaired) electrons. The number of aromatic carboxylic acids is 1. The first-order valence-corrected chi connectivity index (χ1v) is 15.1. The predicted molar refractivity (Wildman–Crippen MR) is 161 cm³/mol. The van der Waals surface area contributed by atoms with Crippen LogP contribution in [0.3, 0.4) is 0 Å². The van der Waals surface area contributed by atoms with Gasteiger partial charge in [0.15, 0.2) is 9.84 Å². The van der Waals surface area contributed by atoms with E-state index in [4.69, 9.17) is 10.00 Å². The summed E-state index contributed by atoms with van der Waals surface area (Å²) >= 11 is 0. The molecule has 0 bridgehead atoms. The highest BCUT2D eigenvalue weighted by Crippen LogP contribution is 2.28. The highest BCUT2D eigenvalue weighted by molar-refractivity contribution is 7.98. The van der Waals surface area contributed by atoms with Gasteiger partial charge in [-0.15, -0.1) is 0 Å². The normalized spacial score (nSPS) is 13.5. The Balaban J connectivity index is 1.26. The number of hydrogen-bond acceptors (Lipinski definition) is 7. The minimum Gasteiger partial charge on any atom is -0.478 e. The first kappa shape index (κ1) is 29.4. The minimum absolute atomic E-state index is 0.00328. The van der Waals surface area contributed by atoms with E-state index in [0.29, 0.717) is 28.1 Å². The van der Waals surface area contributed by atoms with Gasteiger partial charge in [0.05, 0.1) is 45.4 Å². The number of nitrogens with zero attached hydrogens (tertiary/aromatic N) is 4. The number of halogens is 2. The average Bonchev–Trinajstić information content (AvgIpc) is 3.54. The van der Waals surface area contributed by atoms with Gasteiger partial charge in [-0.3, -0.25) is 0 Å². The van der Waals surface area contributed by atoms with Gasteiger partial charge in [0, 0.05) is 29.0 Å². The minimum atomic E-state index is -3.63. The fourth-order valence-corrected chi connectivity index (χ4v) is 5.95. The second-order valence-corrected chi connectivity index (χ2v) is 12.1. The van der Waals surface area contributed by atoms with E-state index >= 15 is 4.39 Å². The topological polar surface area (TPSA) is 135 Å². The van der Waals surface area contributed by atoms with Gasteiger partial charge in [-0.2, -0.15) is 5.26 Å². The molecule has 3 heterocycles. The maximum Gasteiger partial charge on any atom is 0.335 e. The summed E-state index contributed by atoms with van der Waals surface area (Å²) in [5.74, 6) is -1.73. The fourth-order valence-electron chi connectivity index (χ4n) is 4.91. The van der Waals surface area contributed by atoms with Gasteiger partial charge in [0.1, 0.15) is 24.1 Å². The second kappa shape index (κ2) is 11.8. The Bertz CT molecular complexity index is 2220. The molecule has 0 saturated heterocycles. The number of ether oxygens (including phenoxy) is 1. The van der Waals surface area contributed by atoms with Crippen molar-refractivity contribution in [1.82, 2.24) is 14.5 Å². The molecule has 5 aromatic rings. The van der Waals surface area contributed by atoms with Crippen LogP contribution in [0.4, 0.5) is 8.78 Å². The van der Waals surface area contributed by atoms with Crippen molar-refractivity contribution in [1.29, 1.82) is 5.26 Å². The van der Waals surface area contributed by atoms with Crippen LogP contribution in [0.2, 0.25) is 0 Å². The highest BCUT2D eigenvalue weighted by Gasteiger charge is 2.23. The van der Waals surface area contributed by atoms with Gasteiger partial charge in [0.25, 0.3) is 0 Å². The van der Waals surface area contributed by atoms with Crippen molar-refractivity contribution in [3.8, 4) is 23.2 Å². The van der Waals surface area contributed by atoms with E-state index in [1.54, 1.807) is 34.9 Å². The van der Waals surface area contributed by atoms with Crippen molar-refractivity contribution in [3.05, 3.63) is 135 Å². The summed E-state index contributed by atoms with van der Waals surface area (Å²) in [4.78, 5) is 20.7. The van der Waals surface area contributed by atoms with E-state index in [1.807, 2.05) is 6.07 Å². The number of nitriles is 1. The second-order valence-electron chi connectivity index (χ2n) is 10.2. The molecule has 3 aromatic carbocycles. The van der Waals surface area contributed by atoms with E-state index in [9.17, 15) is 22.7 Å². The number of fused-ring (bicyclic) bond motifs is 1. The van der Waals surface area contributed by atoms with Crippen LogP contribution in [-0.2, 0) is 29.4 Å². The van der Waals surface area contributed by atoms with Gasteiger partial charge >= 0.3 is 5.97 Å². The monoisotopic (exact) mass is 624 g/mol. The molecule has 0 unspecified atom stereocenters. The smallest absolute Gasteiger partial charge is 0.335 e. The molecule has 6 rings (SSSR count). The van der Waals surface area contributed by atoms with E-state index in [2.05, 4.69) is 9.97 Å². The number of hydrogen-bond donors (Lipinski definition) is 1. The summed E-state index contributed by atoms with van der Waals surface area (Å²) in [6.07, 6.45) is 2.88. The zero-order valence-corrected chi connectivity index (χ0v) is 24.1. The first-order valence-electron chi connectivity index (χ1n) is 13.5. The Morgan fingerprint density at radius 2 is 1.78 bits per heavy atom. The third-order valence-corrected chi connectivity index (χ3v) is 8.78. The van der Waals surface area contributed by atoms with E-state index in [-0.39, 0.29) is 52.6 Å². The molecule has 2 aromatic heterocycles. The number of benzene rings is 3. The summed E-state index contributed by atoms with van der Waals surface area (Å²) in [5.41, 5.74) is 2.45. The first-order chi connectivity index (χ1) is 21.6. The van der Waals surface area contributed by atoms with E-state index in [0.717, 1.165) is 11.5 Å². The summed E-state index contributed by atoms with van der Waals surface area (Å²) in [7, 11) is -3.63. The van der Waals surface area contributed by atoms with Crippen LogP contribution < -0.4 is 4.74 Å². The Morgan fingerprint density at radius 1 is 0.978 bits per heavy atom. The molecule has 0 saturated carbocycles. The number of aromatic nitrogens is 3. The van der Waals surface area contributed by atoms with Crippen LogP contribution in [0, 0.1) is 23.0 Å². The number of rotatable bonds is 9. The lowest BCUT2D eigenvalue weighted by molar-refractivity contribution is 0.0697. The maximum absolute atomic E-state index is 15.5. The summed E-state index contributed by atoms with van der Waals surface area (Å²) in [6.45, 7) is -0.225. The third-order valence-electron chi connectivity index (χ3n) is 7.27. The number of allylic oxidation sites excluding steroid dienone is 3. The standard InChI is InChI=1S/C33H22F2N4O5S/c34-26-13-20(17-36)6-7-24(26)19-44-32-5-1-4-28(38-32)22-9-8-21(27(35)14-22)16-31-37-29-11-10-23(33(40)41)15-30(29)39(31)18-25-3-2-12-45(25,42)43/h1-15H,16,18-19H2,(H,40,41). The van der Waals surface area contributed by atoms with Crippen molar-refractivity contribution in [2.75, 3.05) is 0 Å². The zero-order chi connectivity index (χ0) is 31.7. The molecule has 1 aliphatic heterocycles. The molecule has 224 valence electrons. The summed E-state index contributed by atoms with van der Waals surface area (Å²) in [5, 5.41) is 19.5. The van der Waals surface area contributed by atoms with E-state index < -0.39 is 27.4 Å². The van der Waals surface area contributed by atoms with Gasteiger partial charge in [-0.25, -0.2) is 32.0 Å². The zero-order valence-electron chi connectivity index (χ0n) is 23.3. The molecule has 0 fully saturated rings. The molecule has 0 aliphatic carbocycles. The molecule has 0 atom stereocenters. The van der Waals surface area contributed by atoms with Crippen LogP contribution in [0.25, 0.3) is 22.3 Å². The Kier molecular flexibility index (Phi) is 7.70. The molecular weight excluding hydrogens is 602 g/mol. The van der Waals surface area contributed by atoms with Crippen LogP contribution in [0.5, 0.6) is 5.88 Å². The largest absolute Gasteiger partial charge is 0.478 e. The van der Waals surface area contributed by atoms with Gasteiger partial charge in [-0.05, 0) is 60.2 Å². The highest BCUT2D eigenvalue weighted by atomic mass is 32.2. The van der Waals surface area contributed by atoms with Crippen molar-refractivity contribution < 1.29 is 31.8 Å². The van der Waals surface area contributed by atoms with Gasteiger partial charge in [-0.1, -0.05) is 24.3 Å². The third kappa shape index (κ3) is 6.07. The number of carboxylic acids is 1. The van der Waals surface area contributed by atoms with E-state index in [1.165, 1.54) is 48.6 Å². The number of pyridine rings is 1. The molecule has 0 amide bonds. The van der Waals surface area contributed by atoms with Crippen LogP contribution in [0.15, 0.2) is 95.3 Å². The van der Waals surface area contributed by atoms with Crippen LogP contribution >= 0.6 is 0 Å². The molecule has 0 spiro atoms. The maximum atomic E-state index is 15.5. The summed E-state index contributed by atoms with van der Waals surface area (Å²) < 4.78 is 62.0. The van der Waals surface area contributed by atoms with Crippen molar-refractivity contribution in [2.45, 2.75) is 19.6 Å². The molecular formula is C33H22F2N4O5S. The Morgan fingerprint density at radius 3 is 2.49 bits per heavy atom. The molecule has 12 heteroatoms. The lowest BCUT2D eigenvalue weighted by Gasteiger charge is -2.12. The van der Waals surface area contributed by atoms with Crippen molar-refractivity contribution >= 4 is 26.8 Å². The van der Waals surface area contributed by atoms with Crippen molar-refractivity contribution in [2.24, 2.45) is 0 Å². The number of sulfone groups is 1. The van der Waals surface area contributed by atoms with Crippen molar-refractivity contribution in [3.63, 3.8) is 0 Å². The Hall–Kier alpha value is -5.67. The van der Waals surface area contributed by atoms with Gasteiger partial charge < -0.3 is 14.4 Å². The quantitative estimate of drug-likeness (QED) is 0.213. The number of imidazole rings is 1. The van der Waals surface area contributed by atoms with Gasteiger partial charge in [0.2, 0.25) is 5.88 Å². The molecule has 9 nitrogen and oxygen atoms in total. The predicted octanol–water partition coefficient (Wildman–Crippen LogP) is 5.94. The number of carboxylic acid groups (broad SMARTS) is 1. The molecule has 1 aliphatic rings. The van der Waals surface area contributed by atoms with Crippen LogP contribution in [-0.4, -0.2) is 34.0 Å². The lowest BCUT2D eigenvalue weighted by Crippen LogP contribution is -2.11. The SMILES string of the molecule is N#Cc1ccc(COc2cccc(-c3ccc(Cc4nc5ccc(C(=O)O)cc5n4CC4=CC=CS4(=O)=O)c(F)c3)n2)c(F)c1. The lowest BCUT2D eigenvalue weighted by atomic mass is 10.1. The van der Waals surface area contributed by atoms with Crippen LogP contribution in [0.1, 0.15) is 32.9 Å².